The van der Waals surface area contributed by atoms with Crippen LogP contribution in [0.4, 0.5) is 5.69 Å². The number of amides is 1. The van der Waals surface area contributed by atoms with Gasteiger partial charge in [0.15, 0.2) is 0 Å². The monoisotopic (exact) mass is 309 g/mol. The molecule has 0 unspecified atom stereocenters. The summed E-state index contributed by atoms with van der Waals surface area (Å²) in [4.78, 5) is 11.2. The fourth-order valence-electron chi connectivity index (χ4n) is 1.06. The third kappa shape index (κ3) is 3.10. The number of hydrogen-bond donors (Lipinski definition) is 1. The predicted octanol–water partition coefficient (Wildman–Crippen LogP) is 4.24. The second kappa shape index (κ2) is 5.73. The minimum Gasteiger partial charge on any atom is -0.325 e. The maximum absolute atomic E-state index is 11.2. The lowest BCUT2D eigenvalue weighted by Crippen LogP contribution is -2.10. The van der Waals surface area contributed by atoms with Crippen molar-refractivity contribution < 1.29 is 4.79 Å². The highest BCUT2D eigenvalue weighted by atomic mass is 79.9. The van der Waals surface area contributed by atoms with Crippen LogP contribution in [0.5, 0.6) is 0 Å². The van der Waals surface area contributed by atoms with E-state index in [9.17, 15) is 4.79 Å². The third-order valence-electron chi connectivity index (χ3n) is 1.91. The molecule has 0 spiro atoms. The van der Waals surface area contributed by atoms with Gasteiger partial charge in [0.05, 0.1) is 10.7 Å². The first-order valence-corrected chi connectivity index (χ1v) is 6.30. The van der Waals surface area contributed by atoms with Crippen LogP contribution in [0.3, 0.4) is 0 Å². The van der Waals surface area contributed by atoms with E-state index in [0.29, 0.717) is 27.5 Å². The molecule has 0 aliphatic carbocycles. The maximum Gasteiger partial charge on any atom is 0.224 e. The Labute approximate surface area is 107 Å². The molecule has 0 atom stereocenters. The summed E-state index contributed by atoms with van der Waals surface area (Å²) in [6.07, 6.45) is 0.419. The summed E-state index contributed by atoms with van der Waals surface area (Å²) in [7, 11) is 0. The number of rotatable bonds is 3. The Kier molecular flexibility index (Phi) is 4.90. The van der Waals surface area contributed by atoms with Crippen molar-refractivity contribution in [3.8, 4) is 0 Å². The minimum atomic E-state index is -0.0697. The van der Waals surface area contributed by atoms with Crippen LogP contribution in [0.15, 0.2) is 12.1 Å². The van der Waals surface area contributed by atoms with Gasteiger partial charge in [-0.2, -0.15) is 0 Å². The van der Waals surface area contributed by atoms with E-state index < -0.39 is 0 Å². The molecule has 0 heterocycles. The average Bonchev–Trinajstić information content (AvgIpc) is 2.23. The van der Waals surface area contributed by atoms with Crippen LogP contribution < -0.4 is 5.32 Å². The van der Waals surface area contributed by atoms with Gasteiger partial charge in [-0.15, -0.1) is 0 Å². The molecule has 0 bridgehead atoms. The van der Waals surface area contributed by atoms with E-state index in [4.69, 9.17) is 23.2 Å². The zero-order valence-electron chi connectivity index (χ0n) is 8.11. The zero-order valence-corrected chi connectivity index (χ0v) is 11.2. The maximum atomic E-state index is 11.2. The van der Waals surface area contributed by atoms with E-state index in [2.05, 4.69) is 21.2 Å². The van der Waals surface area contributed by atoms with Crippen LogP contribution in [0.2, 0.25) is 10.0 Å². The van der Waals surface area contributed by atoms with Crippen molar-refractivity contribution in [3.05, 3.63) is 27.7 Å². The molecule has 1 rings (SSSR count). The number of halogens is 3. The number of carbonyl (C=O) groups excluding carboxylic acids is 1. The van der Waals surface area contributed by atoms with Crippen molar-refractivity contribution in [1.82, 2.24) is 0 Å². The Balaban J connectivity index is 3.05. The van der Waals surface area contributed by atoms with Gasteiger partial charge in [0.2, 0.25) is 5.91 Å². The fourth-order valence-corrected chi connectivity index (χ4v) is 2.51. The highest BCUT2D eigenvalue weighted by Crippen LogP contribution is 2.33. The van der Waals surface area contributed by atoms with Gasteiger partial charge in [-0.3, -0.25) is 4.79 Å². The minimum absolute atomic E-state index is 0.0697. The first kappa shape index (κ1) is 12.8. The summed E-state index contributed by atoms with van der Waals surface area (Å²) in [5, 5.41) is 4.34. The van der Waals surface area contributed by atoms with E-state index in [0.717, 1.165) is 5.56 Å². The lowest BCUT2D eigenvalue weighted by atomic mass is 10.2. The molecule has 1 aromatic rings. The van der Waals surface area contributed by atoms with Crippen molar-refractivity contribution >= 4 is 50.7 Å². The van der Waals surface area contributed by atoms with E-state index >= 15 is 0 Å². The van der Waals surface area contributed by atoms with E-state index in [1.54, 1.807) is 19.1 Å². The molecule has 5 heteroatoms. The first-order valence-electron chi connectivity index (χ1n) is 4.42. The van der Waals surface area contributed by atoms with Crippen LogP contribution in [-0.2, 0) is 10.1 Å². The topological polar surface area (TPSA) is 29.1 Å². The van der Waals surface area contributed by atoms with E-state index in [1.807, 2.05) is 0 Å². The summed E-state index contributed by atoms with van der Waals surface area (Å²) in [5.41, 5.74) is 1.38. The van der Waals surface area contributed by atoms with Gasteiger partial charge in [0.25, 0.3) is 0 Å². The van der Waals surface area contributed by atoms with Crippen molar-refractivity contribution in [3.63, 3.8) is 0 Å². The average molecular weight is 311 g/mol. The Morgan fingerprint density at radius 1 is 1.47 bits per heavy atom. The molecule has 1 N–H and O–H groups in total. The quantitative estimate of drug-likeness (QED) is 0.831. The number of alkyl halides is 1. The van der Waals surface area contributed by atoms with Gasteiger partial charge < -0.3 is 5.32 Å². The number of carbonyl (C=O) groups is 1. The number of anilines is 1. The van der Waals surface area contributed by atoms with Crippen LogP contribution in [0, 0.1) is 0 Å². The molecular formula is C10H10BrCl2NO. The Morgan fingerprint density at radius 2 is 2.13 bits per heavy atom. The summed E-state index contributed by atoms with van der Waals surface area (Å²) in [5.74, 6) is -0.0697. The van der Waals surface area contributed by atoms with Crippen LogP contribution in [0.25, 0.3) is 0 Å². The lowest BCUT2D eigenvalue weighted by Gasteiger charge is -2.10. The van der Waals surface area contributed by atoms with Crippen LogP contribution >= 0.6 is 39.1 Å². The SMILES string of the molecule is CCC(=O)Nc1ccc(Cl)c(CBr)c1Cl. The molecule has 0 fully saturated rings. The number of benzene rings is 1. The van der Waals surface area contributed by atoms with Crippen molar-refractivity contribution in [2.75, 3.05) is 5.32 Å². The highest BCUT2D eigenvalue weighted by Gasteiger charge is 2.10. The molecule has 2 nitrogen and oxygen atoms in total. The second-order valence-electron chi connectivity index (χ2n) is 2.92. The third-order valence-corrected chi connectivity index (χ3v) is 3.26. The normalized spacial score (nSPS) is 10.1. The number of hydrogen-bond acceptors (Lipinski definition) is 1. The Morgan fingerprint density at radius 3 is 2.67 bits per heavy atom. The van der Waals surface area contributed by atoms with Crippen molar-refractivity contribution in [2.45, 2.75) is 18.7 Å². The molecule has 82 valence electrons. The van der Waals surface area contributed by atoms with Gasteiger partial charge in [-0.1, -0.05) is 46.1 Å². The summed E-state index contributed by atoms with van der Waals surface area (Å²) in [6, 6.07) is 3.42. The molecular weight excluding hydrogens is 301 g/mol. The van der Waals surface area contributed by atoms with Gasteiger partial charge in [0.1, 0.15) is 0 Å². The summed E-state index contributed by atoms with van der Waals surface area (Å²) >= 11 is 15.3. The van der Waals surface area contributed by atoms with Gasteiger partial charge in [-0.05, 0) is 12.1 Å². The number of nitrogens with one attached hydrogen (secondary N) is 1. The van der Waals surface area contributed by atoms with E-state index in [-0.39, 0.29) is 5.91 Å². The zero-order chi connectivity index (χ0) is 11.4. The fraction of sp³-hybridized carbons (Fsp3) is 0.300. The predicted molar refractivity (Wildman–Crippen MR) is 68.0 cm³/mol. The van der Waals surface area contributed by atoms with Gasteiger partial charge in [0, 0.05) is 22.3 Å². The molecule has 15 heavy (non-hydrogen) atoms. The molecule has 0 radical (unpaired) electrons. The first-order chi connectivity index (χ1) is 7.10. The van der Waals surface area contributed by atoms with E-state index in [1.165, 1.54) is 0 Å². The molecule has 1 amide bonds. The summed E-state index contributed by atoms with van der Waals surface area (Å²) in [6.45, 7) is 1.78. The van der Waals surface area contributed by atoms with Crippen LogP contribution in [-0.4, -0.2) is 5.91 Å². The van der Waals surface area contributed by atoms with Crippen LogP contribution in [0.1, 0.15) is 18.9 Å². The lowest BCUT2D eigenvalue weighted by molar-refractivity contribution is -0.115. The van der Waals surface area contributed by atoms with Crippen molar-refractivity contribution in [1.29, 1.82) is 0 Å². The molecule has 0 aliphatic heterocycles. The largest absolute Gasteiger partial charge is 0.325 e. The van der Waals surface area contributed by atoms with Gasteiger partial charge in [-0.25, -0.2) is 0 Å². The molecule has 0 aliphatic rings. The molecule has 0 saturated heterocycles. The standard InChI is InChI=1S/C10H10BrCl2NO/c1-2-9(15)14-8-4-3-7(12)6(5-11)10(8)13/h3-4H,2,5H2,1H3,(H,14,15). The van der Waals surface area contributed by atoms with Crippen molar-refractivity contribution in [2.24, 2.45) is 0 Å². The summed E-state index contributed by atoms with van der Waals surface area (Å²) < 4.78 is 0. The van der Waals surface area contributed by atoms with Gasteiger partial charge >= 0.3 is 0 Å². The second-order valence-corrected chi connectivity index (χ2v) is 4.27. The Bertz CT molecular complexity index is 382. The molecule has 0 saturated carbocycles. The smallest absolute Gasteiger partial charge is 0.224 e. The Hall–Kier alpha value is -0.250. The highest BCUT2D eigenvalue weighted by molar-refractivity contribution is 9.08. The molecule has 0 aromatic heterocycles. The molecule has 1 aromatic carbocycles.